The highest BCUT2D eigenvalue weighted by Gasteiger charge is 2.42. The molecule has 1 saturated carbocycles. The van der Waals surface area contributed by atoms with E-state index in [0.717, 1.165) is 55.3 Å². The Hall–Kier alpha value is -1.34. The zero-order valence-electron chi connectivity index (χ0n) is 21.9. The fourth-order valence-electron chi connectivity index (χ4n) is 5.16. The van der Waals surface area contributed by atoms with Gasteiger partial charge in [-0.25, -0.2) is 0 Å². The minimum Gasteiger partial charge on any atom is -0.414 e. The predicted octanol–water partition coefficient (Wildman–Crippen LogP) is 7.12. The van der Waals surface area contributed by atoms with Gasteiger partial charge in [-0.3, -0.25) is 9.48 Å². The number of halogens is 2. The highest BCUT2D eigenvalue weighted by atomic mass is 35.5. The van der Waals surface area contributed by atoms with Crippen LogP contribution in [0.25, 0.3) is 11.1 Å². The summed E-state index contributed by atoms with van der Waals surface area (Å²) in [6.45, 7) is 12.3. The molecule has 2 fully saturated rings. The maximum atomic E-state index is 13.4. The SMILES string of the molecule is Cn1cc(-c2cc(Cl)c(CC3CCN(C4CCC(O[Si](C)(C)C(C)(C)C)CC4)C3=O)c(Cl)c2)cn1. The van der Waals surface area contributed by atoms with Gasteiger partial charge in [0.1, 0.15) is 0 Å². The first-order valence-electron chi connectivity index (χ1n) is 12.8. The van der Waals surface area contributed by atoms with Crippen molar-refractivity contribution in [3.63, 3.8) is 0 Å². The summed E-state index contributed by atoms with van der Waals surface area (Å²) in [6.07, 6.45) is 9.64. The molecule has 0 spiro atoms. The number of amides is 1. The molecule has 2 aliphatic rings. The molecule has 1 atom stereocenters. The van der Waals surface area contributed by atoms with Crippen LogP contribution < -0.4 is 0 Å². The Bertz CT molecular complexity index is 1050. The summed E-state index contributed by atoms with van der Waals surface area (Å²) in [5, 5.41) is 5.68. The summed E-state index contributed by atoms with van der Waals surface area (Å²) in [5.74, 6) is 0.192. The quantitative estimate of drug-likeness (QED) is 0.370. The molecule has 5 nitrogen and oxygen atoms in total. The second-order valence-electron chi connectivity index (χ2n) is 11.9. The van der Waals surface area contributed by atoms with Crippen molar-refractivity contribution >= 4 is 37.4 Å². The van der Waals surface area contributed by atoms with Crippen LogP contribution in [0.1, 0.15) is 58.4 Å². The summed E-state index contributed by atoms with van der Waals surface area (Å²) in [5.41, 5.74) is 2.78. The van der Waals surface area contributed by atoms with Gasteiger partial charge in [-0.15, -0.1) is 0 Å². The molecule has 1 aromatic carbocycles. The van der Waals surface area contributed by atoms with Gasteiger partial charge < -0.3 is 9.33 Å². The Morgan fingerprint density at radius 1 is 1.06 bits per heavy atom. The standard InChI is InChI=1S/C27H39Cl2N3O2Si/c1-27(2,3)35(5,6)34-22-9-7-21(8-10-22)32-12-11-18(26(32)33)13-23-24(28)14-19(15-25(23)29)20-16-30-31(4)17-20/h14-18,21-22H,7-13H2,1-6H3. The lowest BCUT2D eigenvalue weighted by Crippen LogP contribution is -2.47. The smallest absolute Gasteiger partial charge is 0.226 e. The van der Waals surface area contributed by atoms with E-state index in [0.29, 0.717) is 28.6 Å². The number of aryl methyl sites for hydroxylation is 1. The monoisotopic (exact) mass is 535 g/mol. The number of rotatable bonds is 6. The van der Waals surface area contributed by atoms with Crippen molar-refractivity contribution < 1.29 is 9.22 Å². The Morgan fingerprint density at radius 2 is 1.69 bits per heavy atom. The van der Waals surface area contributed by atoms with Crippen LogP contribution in [0.2, 0.25) is 28.2 Å². The summed E-state index contributed by atoms with van der Waals surface area (Å²) in [6, 6.07) is 4.19. The van der Waals surface area contributed by atoms with Gasteiger partial charge in [-0.2, -0.15) is 5.10 Å². The Balaban J connectivity index is 1.36. The van der Waals surface area contributed by atoms with Crippen LogP contribution in [0.15, 0.2) is 24.5 Å². The van der Waals surface area contributed by atoms with Gasteiger partial charge in [0, 0.05) is 53.5 Å². The second kappa shape index (κ2) is 10.2. The fourth-order valence-corrected chi connectivity index (χ4v) is 7.23. The molecule has 0 bridgehead atoms. The van der Waals surface area contributed by atoms with Crippen LogP contribution in [0.3, 0.4) is 0 Å². The first-order chi connectivity index (χ1) is 16.4. The van der Waals surface area contributed by atoms with Crippen molar-refractivity contribution in [1.29, 1.82) is 0 Å². The zero-order chi connectivity index (χ0) is 25.5. The third kappa shape index (κ3) is 5.81. The van der Waals surface area contributed by atoms with Gasteiger partial charge >= 0.3 is 0 Å². The van der Waals surface area contributed by atoms with E-state index < -0.39 is 8.32 Å². The van der Waals surface area contributed by atoms with Crippen LogP contribution in [0, 0.1) is 5.92 Å². The average Bonchev–Trinajstić information content (AvgIpc) is 3.36. The maximum Gasteiger partial charge on any atom is 0.226 e. The van der Waals surface area contributed by atoms with Gasteiger partial charge in [0.2, 0.25) is 5.91 Å². The molecule has 1 aromatic heterocycles. The normalized spacial score (nSPS) is 23.8. The number of hydrogen-bond acceptors (Lipinski definition) is 3. The molecule has 192 valence electrons. The van der Waals surface area contributed by atoms with E-state index in [-0.39, 0.29) is 16.9 Å². The third-order valence-corrected chi connectivity index (χ3v) is 13.5. The fraction of sp³-hybridized carbons (Fsp3) is 0.630. The van der Waals surface area contributed by atoms with E-state index in [1.807, 2.05) is 25.4 Å². The average molecular weight is 537 g/mol. The van der Waals surface area contributed by atoms with Crippen LogP contribution in [-0.4, -0.2) is 47.6 Å². The molecular formula is C27H39Cl2N3O2Si. The van der Waals surface area contributed by atoms with E-state index in [2.05, 4.69) is 43.9 Å². The molecular weight excluding hydrogens is 497 g/mol. The first kappa shape index (κ1) is 26.7. The lowest BCUT2D eigenvalue weighted by atomic mass is 9.92. The largest absolute Gasteiger partial charge is 0.414 e. The minimum absolute atomic E-state index is 0.0598. The van der Waals surface area contributed by atoms with Gasteiger partial charge in [-0.1, -0.05) is 44.0 Å². The second-order valence-corrected chi connectivity index (χ2v) is 17.4. The van der Waals surface area contributed by atoms with Crippen molar-refractivity contribution in [2.75, 3.05) is 6.54 Å². The topological polar surface area (TPSA) is 47.4 Å². The van der Waals surface area contributed by atoms with E-state index in [1.165, 1.54) is 0 Å². The highest BCUT2D eigenvalue weighted by molar-refractivity contribution is 6.74. The summed E-state index contributed by atoms with van der Waals surface area (Å²) in [7, 11) is 0.122. The molecule has 1 amide bonds. The van der Waals surface area contributed by atoms with Crippen molar-refractivity contribution in [2.24, 2.45) is 13.0 Å². The summed E-state index contributed by atoms with van der Waals surface area (Å²) < 4.78 is 8.41. The highest BCUT2D eigenvalue weighted by Crippen LogP contribution is 2.40. The summed E-state index contributed by atoms with van der Waals surface area (Å²) in [4.78, 5) is 15.5. The molecule has 35 heavy (non-hydrogen) atoms. The van der Waals surface area contributed by atoms with Crippen LogP contribution >= 0.6 is 23.2 Å². The maximum absolute atomic E-state index is 13.4. The van der Waals surface area contributed by atoms with E-state index in [4.69, 9.17) is 27.6 Å². The lowest BCUT2D eigenvalue weighted by Gasteiger charge is -2.42. The minimum atomic E-state index is -1.76. The van der Waals surface area contributed by atoms with E-state index >= 15 is 0 Å². The number of carbonyl (C=O) groups excluding carboxylic acids is 1. The number of benzene rings is 1. The first-order valence-corrected chi connectivity index (χ1v) is 16.5. The molecule has 0 N–H and O–H groups in total. The molecule has 4 rings (SSSR count). The summed E-state index contributed by atoms with van der Waals surface area (Å²) >= 11 is 13.3. The number of likely N-dealkylation sites (tertiary alicyclic amines) is 1. The van der Waals surface area contributed by atoms with Crippen molar-refractivity contribution in [3.8, 4) is 11.1 Å². The molecule has 8 heteroatoms. The van der Waals surface area contributed by atoms with Gasteiger partial charge in [0.15, 0.2) is 8.32 Å². The Labute approximate surface area is 221 Å². The Morgan fingerprint density at radius 3 is 2.23 bits per heavy atom. The number of nitrogens with zero attached hydrogens (tertiary/aromatic N) is 3. The lowest BCUT2D eigenvalue weighted by molar-refractivity contribution is -0.133. The van der Waals surface area contributed by atoms with E-state index in [9.17, 15) is 4.79 Å². The molecule has 0 radical (unpaired) electrons. The number of hydrogen-bond donors (Lipinski definition) is 0. The van der Waals surface area contributed by atoms with Crippen LogP contribution in [0.4, 0.5) is 0 Å². The zero-order valence-corrected chi connectivity index (χ0v) is 24.4. The molecule has 1 unspecified atom stereocenters. The predicted molar refractivity (Wildman–Crippen MR) is 147 cm³/mol. The van der Waals surface area contributed by atoms with Gasteiger partial charge in [0.05, 0.1) is 6.20 Å². The Kier molecular flexibility index (Phi) is 7.78. The molecule has 2 heterocycles. The van der Waals surface area contributed by atoms with Crippen molar-refractivity contribution in [2.45, 2.75) is 89.6 Å². The van der Waals surface area contributed by atoms with Gasteiger partial charge in [0.25, 0.3) is 0 Å². The molecule has 1 aliphatic carbocycles. The molecule has 1 aliphatic heterocycles. The number of carbonyl (C=O) groups is 1. The molecule has 1 saturated heterocycles. The van der Waals surface area contributed by atoms with Crippen molar-refractivity contribution in [1.82, 2.24) is 14.7 Å². The third-order valence-electron chi connectivity index (χ3n) is 8.33. The molecule has 2 aromatic rings. The van der Waals surface area contributed by atoms with E-state index in [1.54, 1.807) is 10.9 Å². The van der Waals surface area contributed by atoms with Crippen LogP contribution in [-0.2, 0) is 22.7 Å². The van der Waals surface area contributed by atoms with Gasteiger partial charge in [-0.05, 0) is 79.9 Å². The van der Waals surface area contributed by atoms with Crippen LogP contribution in [0.5, 0.6) is 0 Å². The number of aromatic nitrogens is 2. The van der Waals surface area contributed by atoms with Crippen molar-refractivity contribution in [3.05, 3.63) is 40.1 Å².